The molecule has 115 heavy (non-hydrogen) atoms. The smallest absolute Gasteiger partial charge is 0.231 e. The molecule has 10 heterocycles. The molecule has 0 saturated carbocycles. The summed E-state index contributed by atoms with van der Waals surface area (Å²) in [5.41, 5.74) is 18.6. The van der Waals surface area contributed by atoms with Gasteiger partial charge >= 0.3 is 0 Å². The lowest BCUT2D eigenvalue weighted by atomic mass is 9.89. The molecule has 1 aliphatic carbocycles. The Kier molecular flexibility index (Phi) is 29.7. The third-order valence-corrected chi connectivity index (χ3v) is 19.5. The third kappa shape index (κ3) is 23.7. The summed E-state index contributed by atoms with van der Waals surface area (Å²) in [6, 6.07) is 64.6. The molecule has 0 saturated heterocycles. The zero-order valence-corrected chi connectivity index (χ0v) is 68.4. The summed E-state index contributed by atoms with van der Waals surface area (Å²) in [5.74, 6) is 14.6. The average Bonchev–Trinajstić information content (AvgIpc) is 1.36. The zero-order valence-electron chi connectivity index (χ0n) is 68.4. The molecule has 0 amide bonds. The zero-order chi connectivity index (χ0) is 80.4. The van der Waals surface area contributed by atoms with E-state index in [0.29, 0.717) is 59.3 Å². The molecule has 0 bridgehead atoms. The molecule has 0 radical (unpaired) electrons. The Hall–Kier alpha value is -11.8. The Balaban J connectivity index is 0.000000118. The summed E-state index contributed by atoms with van der Waals surface area (Å²) >= 11 is 0. The summed E-state index contributed by atoms with van der Waals surface area (Å²) in [4.78, 5) is 0. The normalized spacial score (nSPS) is 17.1. The molecule has 3 unspecified atom stereocenters. The molecule has 11 aliphatic rings. The van der Waals surface area contributed by atoms with E-state index in [9.17, 15) is 0 Å². The number of fused-ring (bicyclic) bond motifs is 11. The predicted molar refractivity (Wildman–Crippen MR) is 450 cm³/mol. The van der Waals surface area contributed by atoms with Gasteiger partial charge in [-0.05, 0) is 229 Å². The third-order valence-electron chi connectivity index (χ3n) is 19.5. The van der Waals surface area contributed by atoms with Gasteiger partial charge in [-0.25, -0.2) is 0 Å². The van der Waals surface area contributed by atoms with Crippen LogP contribution < -0.4 is 75.8 Å². The van der Waals surface area contributed by atoms with E-state index in [1.54, 1.807) is 0 Å². The number of ether oxygens (including phenoxy) is 17. The van der Waals surface area contributed by atoms with Gasteiger partial charge in [-0.3, -0.25) is 0 Å². The highest BCUT2D eigenvalue weighted by Gasteiger charge is 2.26. The lowest BCUT2D eigenvalue weighted by molar-refractivity contribution is -0.0168. The summed E-state index contributed by atoms with van der Waals surface area (Å²) in [5, 5.41) is 0. The van der Waals surface area contributed by atoms with Crippen LogP contribution in [0.4, 0.5) is 0 Å². The SMILES string of the molecule is CC1=CC2Oc3cc(C)ccc3C(C)=C2C=C1.CC1COc2ccccc2O1.CC1Cc2ccccc2O1.Cc1ccc2c(c1)CCO2.Cc1ccc2c(c1)OCCCO2.Cc1ccc2c(c1)OCCO2.Cc1ccc2c(c1)OCO2.Cc1cccc2c1OCCCO2.Cc1cccc2c1OCCO2.Cc1cccc2c1OCOC2. The Morgan fingerprint density at radius 3 is 1.40 bits per heavy atom. The van der Waals surface area contributed by atoms with Gasteiger partial charge < -0.3 is 80.5 Å². The van der Waals surface area contributed by atoms with Gasteiger partial charge in [-0.15, -0.1) is 0 Å². The van der Waals surface area contributed by atoms with E-state index in [2.05, 4.69) is 108 Å². The summed E-state index contributed by atoms with van der Waals surface area (Å²) in [6.45, 7) is 33.4. The first-order chi connectivity index (χ1) is 55.9. The molecule has 602 valence electrons. The van der Waals surface area contributed by atoms with E-state index in [1.807, 2.05) is 187 Å². The molecule has 10 aliphatic heterocycles. The van der Waals surface area contributed by atoms with Gasteiger partial charge in [0.1, 0.15) is 74.3 Å². The van der Waals surface area contributed by atoms with Gasteiger partial charge in [0.05, 0.1) is 39.6 Å². The Labute approximate surface area is 678 Å². The predicted octanol–water partition coefficient (Wildman–Crippen LogP) is 21.3. The molecule has 0 fully saturated rings. The summed E-state index contributed by atoms with van der Waals surface area (Å²) < 4.78 is 92.2. The number of para-hydroxylation sites is 6. The standard InChI is InChI=1S/C16H16O.2C10H12O2.4C9H10O2.2C9H10O.C8H8O2/c1-10-4-6-13-12(3)14-7-5-11(2)9-16(14)17-15(13)8-10;1-8-3-4-9-10(7-8)12-6-2-5-11-9;1-8-4-2-5-9-10(8)12-7-3-6-11-9;1-7-2-3-8-9(6-7)11-5-4-10-8;1-7-3-2-4-8-5-10-6-11-9(7)8;1-7-3-2-4-8-9(7)11-6-5-10-8;1-7-6-10-8-4-2-3-5-9(8)11-7;1-7-2-3-9-8(6-7)4-5-10-9;1-7-6-8-4-2-3-5-9(8)10-7;1-6-2-3-7-8(4-6)10-5-9-7/h4-9,15H,1-3H3;3-4,7H,2,5-6H2,1H3;2,4-5H,3,6-7H2,1H3;2-3,6H,4-5H2,1H3;2*2-4H,5-6H2,1H3;2-5,7H,6H2,1H3;2-3,6H,4-5H2,1H3;2-5,7H,6H2,1H3;2-4H,5H2,1H3. The van der Waals surface area contributed by atoms with Crippen LogP contribution in [0.2, 0.25) is 0 Å². The molecule has 0 spiro atoms. The number of aryl methyl sites for hydroxylation is 8. The van der Waals surface area contributed by atoms with E-state index in [-0.39, 0.29) is 12.2 Å². The molecule has 0 aromatic heterocycles. The number of rotatable bonds is 0. The van der Waals surface area contributed by atoms with E-state index < -0.39 is 0 Å². The molecular weight excluding hydrogens is 1450 g/mol. The maximum atomic E-state index is 6.07. The second kappa shape index (κ2) is 41.3. The van der Waals surface area contributed by atoms with Crippen molar-refractivity contribution in [3.05, 3.63) is 290 Å². The lowest BCUT2D eigenvalue weighted by Gasteiger charge is -2.29. The molecule has 10 aromatic carbocycles. The van der Waals surface area contributed by atoms with Crippen molar-refractivity contribution in [3.8, 4) is 92.0 Å². The van der Waals surface area contributed by atoms with Crippen LogP contribution in [0.5, 0.6) is 92.0 Å². The van der Waals surface area contributed by atoms with Crippen LogP contribution in [0.1, 0.15) is 107 Å². The van der Waals surface area contributed by atoms with Gasteiger partial charge in [0.25, 0.3) is 0 Å². The van der Waals surface area contributed by atoms with Gasteiger partial charge in [0.15, 0.2) is 75.8 Å². The number of hydrogen-bond acceptors (Lipinski definition) is 17. The molecule has 17 heteroatoms. The van der Waals surface area contributed by atoms with E-state index >= 15 is 0 Å². The van der Waals surface area contributed by atoms with Crippen LogP contribution in [-0.2, 0) is 24.2 Å². The Bertz CT molecular complexity index is 4840. The second-order valence-electron chi connectivity index (χ2n) is 29.2. The van der Waals surface area contributed by atoms with Crippen LogP contribution in [0, 0.1) is 55.4 Å². The molecule has 0 N–H and O–H groups in total. The fourth-order valence-corrected chi connectivity index (χ4v) is 13.5. The van der Waals surface area contributed by atoms with E-state index in [4.69, 9.17) is 80.5 Å². The number of benzene rings is 10. The minimum Gasteiger partial charge on any atom is -0.493 e. The number of allylic oxidation sites excluding steroid dienone is 3. The molecule has 3 atom stereocenters. The maximum Gasteiger partial charge on any atom is 0.231 e. The highest BCUT2D eigenvalue weighted by atomic mass is 16.7. The van der Waals surface area contributed by atoms with Gasteiger partial charge in [-0.2, -0.15) is 0 Å². The fourth-order valence-electron chi connectivity index (χ4n) is 13.5. The van der Waals surface area contributed by atoms with Crippen molar-refractivity contribution in [2.45, 2.75) is 134 Å². The quantitative estimate of drug-likeness (QED) is 0.141. The maximum absolute atomic E-state index is 6.07. The minimum absolute atomic E-state index is 0.0919. The van der Waals surface area contributed by atoms with Gasteiger partial charge in [0, 0.05) is 36.8 Å². The van der Waals surface area contributed by atoms with Crippen molar-refractivity contribution in [2.75, 3.05) is 79.7 Å². The van der Waals surface area contributed by atoms with E-state index in [1.165, 1.54) is 66.8 Å². The first kappa shape index (κ1) is 82.6. The van der Waals surface area contributed by atoms with Gasteiger partial charge in [-0.1, -0.05) is 139 Å². The van der Waals surface area contributed by atoms with Crippen molar-refractivity contribution < 1.29 is 80.5 Å². The van der Waals surface area contributed by atoms with Crippen LogP contribution in [0.3, 0.4) is 0 Å². The van der Waals surface area contributed by atoms with Crippen LogP contribution in [0.25, 0.3) is 5.57 Å². The monoisotopic (exact) mass is 1560 g/mol. The Morgan fingerprint density at radius 2 is 0.748 bits per heavy atom. The first-order valence-corrected chi connectivity index (χ1v) is 39.7. The molecular formula is C98H108O17. The van der Waals surface area contributed by atoms with Crippen LogP contribution in [-0.4, -0.2) is 98.0 Å². The highest BCUT2D eigenvalue weighted by Crippen LogP contribution is 2.41. The van der Waals surface area contributed by atoms with Crippen molar-refractivity contribution in [1.29, 1.82) is 0 Å². The molecule has 10 aromatic rings. The van der Waals surface area contributed by atoms with Crippen molar-refractivity contribution in [3.63, 3.8) is 0 Å². The van der Waals surface area contributed by atoms with Crippen LogP contribution >= 0.6 is 0 Å². The number of hydrogen-bond donors (Lipinski definition) is 0. The molecule has 21 rings (SSSR count). The van der Waals surface area contributed by atoms with Crippen LogP contribution in [0.15, 0.2) is 223 Å². The Morgan fingerprint density at radius 1 is 0.296 bits per heavy atom. The van der Waals surface area contributed by atoms with Gasteiger partial charge in [0.2, 0.25) is 6.79 Å². The van der Waals surface area contributed by atoms with Crippen molar-refractivity contribution in [1.82, 2.24) is 0 Å². The highest BCUT2D eigenvalue weighted by molar-refractivity contribution is 5.78. The summed E-state index contributed by atoms with van der Waals surface area (Å²) in [6.07, 6.45) is 11.2. The second-order valence-corrected chi connectivity index (χ2v) is 29.2. The summed E-state index contributed by atoms with van der Waals surface area (Å²) in [7, 11) is 0. The molecule has 17 nitrogen and oxygen atoms in total. The lowest BCUT2D eigenvalue weighted by Crippen LogP contribution is -2.25. The van der Waals surface area contributed by atoms with Crippen molar-refractivity contribution in [2.24, 2.45) is 0 Å². The first-order valence-electron chi connectivity index (χ1n) is 39.7. The van der Waals surface area contributed by atoms with E-state index in [0.717, 1.165) is 167 Å². The van der Waals surface area contributed by atoms with Crippen molar-refractivity contribution >= 4 is 5.57 Å². The largest absolute Gasteiger partial charge is 0.493 e. The minimum atomic E-state index is 0.0919. The average molecular weight is 1560 g/mol. The topological polar surface area (TPSA) is 157 Å². The fraction of sp³-hybridized carbons (Fsp3) is 0.327.